The molecule has 2 N–H and O–H groups in total. The van der Waals surface area contributed by atoms with Gasteiger partial charge in [-0.3, -0.25) is 0 Å². The highest BCUT2D eigenvalue weighted by Crippen LogP contribution is 2.20. The Balaban J connectivity index is 1.55. The van der Waals surface area contributed by atoms with E-state index in [9.17, 15) is 0 Å². The van der Waals surface area contributed by atoms with E-state index in [1.807, 2.05) is 24.3 Å². The van der Waals surface area contributed by atoms with E-state index in [4.69, 9.17) is 23.8 Å². The number of thiocarbonyl (C=S) groups is 1. The molecule has 1 aliphatic rings. The van der Waals surface area contributed by atoms with Crippen LogP contribution in [0.25, 0.3) is 0 Å². The first-order chi connectivity index (χ1) is 11.6. The zero-order chi connectivity index (χ0) is 16.9. The predicted octanol–water partition coefficient (Wildman–Crippen LogP) is 3.90. The fraction of sp³-hybridized carbons (Fsp3) is 0.278. The molecule has 2 aromatic carbocycles. The Morgan fingerprint density at radius 3 is 1.92 bits per heavy atom. The van der Waals surface area contributed by atoms with Crippen molar-refractivity contribution >= 4 is 46.0 Å². The Morgan fingerprint density at radius 1 is 0.875 bits per heavy atom. The zero-order valence-electron chi connectivity index (χ0n) is 13.6. The summed E-state index contributed by atoms with van der Waals surface area (Å²) in [4.78, 5) is 4.77. The van der Waals surface area contributed by atoms with E-state index in [1.54, 1.807) is 0 Å². The molecule has 1 heterocycles. The van der Waals surface area contributed by atoms with Crippen LogP contribution >= 0.6 is 23.8 Å². The summed E-state index contributed by atoms with van der Waals surface area (Å²) in [6.45, 7) is 4.35. The molecule has 2 aromatic rings. The molecular formula is C18H21ClN4S. The Hall–Kier alpha value is -1.82. The maximum atomic E-state index is 5.88. The first-order valence-electron chi connectivity index (χ1n) is 7.97. The van der Waals surface area contributed by atoms with Crippen molar-refractivity contribution in [2.75, 3.05) is 48.8 Å². The van der Waals surface area contributed by atoms with E-state index < -0.39 is 0 Å². The van der Waals surface area contributed by atoms with Crippen LogP contribution in [0.4, 0.5) is 17.1 Å². The Labute approximate surface area is 153 Å². The molecule has 126 valence electrons. The van der Waals surface area contributed by atoms with Gasteiger partial charge in [-0.2, -0.15) is 0 Å². The molecule has 0 aromatic heterocycles. The van der Waals surface area contributed by atoms with Gasteiger partial charge in [0.25, 0.3) is 0 Å². The predicted molar refractivity (Wildman–Crippen MR) is 107 cm³/mol. The van der Waals surface area contributed by atoms with Gasteiger partial charge in [0.15, 0.2) is 5.11 Å². The minimum Gasteiger partial charge on any atom is -0.369 e. The second-order valence-corrected chi connectivity index (χ2v) is 6.77. The average Bonchev–Trinajstić information content (AvgIpc) is 2.58. The lowest BCUT2D eigenvalue weighted by Gasteiger charge is -2.34. The standard InChI is InChI=1S/C18H21ClN4S/c1-22-10-12-23(13-11-22)17-8-6-16(7-9-17)21-18(24)20-15-4-2-14(19)3-5-15/h2-9H,10-13H2,1H3,(H2,20,21,24). The van der Waals surface area contributed by atoms with Crippen LogP contribution in [0.2, 0.25) is 5.02 Å². The van der Waals surface area contributed by atoms with Gasteiger partial charge < -0.3 is 20.4 Å². The van der Waals surface area contributed by atoms with Gasteiger partial charge in [-0.15, -0.1) is 0 Å². The monoisotopic (exact) mass is 360 g/mol. The maximum Gasteiger partial charge on any atom is 0.175 e. The van der Waals surface area contributed by atoms with Crippen molar-refractivity contribution in [3.05, 3.63) is 53.6 Å². The normalized spacial score (nSPS) is 15.2. The van der Waals surface area contributed by atoms with Crippen LogP contribution in [0.3, 0.4) is 0 Å². The number of anilines is 3. The zero-order valence-corrected chi connectivity index (χ0v) is 15.2. The van der Waals surface area contributed by atoms with Crippen molar-refractivity contribution in [2.45, 2.75) is 0 Å². The van der Waals surface area contributed by atoms with Crippen molar-refractivity contribution in [1.29, 1.82) is 0 Å². The van der Waals surface area contributed by atoms with Gasteiger partial charge in [0, 0.05) is 48.3 Å². The van der Waals surface area contributed by atoms with Crippen molar-refractivity contribution in [1.82, 2.24) is 4.90 Å². The quantitative estimate of drug-likeness (QED) is 0.810. The Kier molecular flexibility index (Phi) is 5.56. The number of halogens is 1. The third-order valence-corrected chi connectivity index (χ3v) is 4.55. The molecule has 3 rings (SSSR count). The number of rotatable bonds is 3. The SMILES string of the molecule is CN1CCN(c2ccc(NC(=S)Nc3ccc(Cl)cc3)cc2)CC1. The second-order valence-electron chi connectivity index (χ2n) is 5.92. The van der Waals surface area contributed by atoms with E-state index >= 15 is 0 Å². The molecule has 24 heavy (non-hydrogen) atoms. The molecule has 0 radical (unpaired) electrons. The first kappa shape index (κ1) is 17.0. The number of hydrogen-bond acceptors (Lipinski definition) is 3. The number of likely N-dealkylation sites (N-methyl/N-ethyl adjacent to an activating group) is 1. The molecule has 0 saturated carbocycles. The van der Waals surface area contributed by atoms with E-state index in [0.717, 1.165) is 37.6 Å². The molecule has 0 atom stereocenters. The van der Waals surface area contributed by atoms with Crippen molar-refractivity contribution < 1.29 is 0 Å². The lowest BCUT2D eigenvalue weighted by molar-refractivity contribution is 0.313. The molecule has 1 fully saturated rings. The molecule has 0 amide bonds. The molecule has 0 unspecified atom stereocenters. The number of nitrogens with one attached hydrogen (secondary N) is 2. The second kappa shape index (κ2) is 7.83. The fourth-order valence-corrected chi connectivity index (χ4v) is 3.01. The van der Waals surface area contributed by atoms with Crippen LogP contribution in [0.5, 0.6) is 0 Å². The van der Waals surface area contributed by atoms with Crippen molar-refractivity contribution in [2.24, 2.45) is 0 Å². The maximum absolute atomic E-state index is 5.88. The van der Waals surface area contributed by atoms with Gasteiger partial charge in [0.1, 0.15) is 0 Å². The van der Waals surface area contributed by atoms with Crippen LogP contribution in [0.15, 0.2) is 48.5 Å². The lowest BCUT2D eigenvalue weighted by atomic mass is 10.2. The van der Waals surface area contributed by atoms with Crippen LogP contribution in [-0.2, 0) is 0 Å². The summed E-state index contributed by atoms with van der Waals surface area (Å²) in [5, 5.41) is 7.62. The topological polar surface area (TPSA) is 30.5 Å². The van der Waals surface area contributed by atoms with E-state index in [-0.39, 0.29) is 0 Å². The van der Waals surface area contributed by atoms with Gasteiger partial charge in [-0.05, 0) is 67.8 Å². The molecular weight excluding hydrogens is 340 g/mol. The third kappa shape index (κ3) is 4.60. The Bertz CT molecular complexity index is 679. The number of nitrogens with zero attached hydrogens (tertiary/aromatic N) is 2. The molecule has 0 bridgehead atoms. The molecule has 1 aliphatic heterocycles. The highest BCUT2D eigenvalue weighted by molar-refractivity contribution is 7.80. The summed E-state index contributed by atoms with van der Waals surface area (Å²) in [6.07, 6.45) is 0. The minimum absolute atomic E-state index is 0.560. The summed E-state index contributed by atoms with van der Waals surface area (Å²) in [5.74, 6) is 0. The van der Waals surface area contributed by atoms with Crippen molar-refractivity contribution in [3.8, 4) is 0 Å². The summed E-state index contributed by atoms with van der Waals surface area (Å²) in [5.41, 5.74) is 3.13. The van der Waals surface area contributed by atoms with Gasteiger partial charge in [-0.1, -0.05) is 11.6 Å². The summed E-state index contributed by atoms with van der Waals surface area (Å²) in [6, 6.07) is 15.8. The number of piperazine rings is 1. The summed E-state index contributed by atoms with van der Waals surface area (Å²) >= 11 is 11.2. The highest BCUT2D eigenvalue weighted by atomic mass is 35.5. The fourth-order valence-electron chi connectivity index (χ4n) is 2.65. The largest absolute Gasteiger partial charge is 0.369 e. The van der Waals surface area contributed by atoms with Crippen LogP contribution in [0.1, 0.15) is 0 Å². The summed E-state index contributed by atoms with van der Waals surface area (Å²) < 4.78 is 0. The van der Waals surface area contributed by atoms with Crippen LogP contribution in [-0.4, -0.2) is 43.2 Å². The lowest BCUT2D eigenvalue weighted by Crippen LogP contribution is -2.44. The van der Waals surface area contributed by atoms with Gasteiger partial charge in [0.05, 0.1) is 0 Å². The van der Waals surface area contributed by atoms with E-state index in [1.165, 1.54) is 5.69 Å². The summed E-state index contributed by atoms with van der Waals surface area (Å²) in [7, 11) is 2.17. The molecule has 4 nitrogen and oxygen atoms in total. The first-order valence-corrected chi connectivity index (χ1v) is 8.76. The Morgan fingerprint density at radius 2 is 1.38 bits per heavy atom. The van der Waals surface area contributed by atoms with Crippen molar-refractivity contribution in [3.63, 3.8) is 0 Å². The number of benzene rings is 2. The average molecular weight is 361 g/mol. The molecule has 0 aliphatic carbocycles. The highest BCUT2D eigenvalue weighted by Gasteiger charge is 2.13. The molecule has 6 heteroatoms. The third-order valence-electron chi connectivity index (χ3n) is 4.10. The van der Waals surface area contributed by atoms with Crippen LogP contribution in [0, 0.1) is 0 Å². The van der Waals surface area contributed by atoms with Crippen LogP contribution < -0.4 is 15.5 Å². The smallest absolute Gasteiger partial charge is 0.175 e. The molecule has 1 saturated heterocycles. The van der Waals surface area contributed by atoms with Gasteiger partial charge >= 0.3 is 0 Å². The molecule has 0 spiro atoms. The van der Waals surface area contributed by atoms with E-state index in [2.05, 4.69) is 51.7 Å². The van der Waals surface area contributed by atoms with E-state index in [0.29, 0.717) is 10.1 Å². The van der Waals surface area contributed by atoms with Gasteiger partial charge in [-0.25, -0.2) is 0 Å². The number of hydrogen-bond donors (Lipinski definition) is 2. The van der Waals surface area contributed by atoms with Gasteiger partial charge in [0.2, 0.25) is 0 Å². The minimum atomic E-state index is 0.560.